The van der Waals surface area contributed by atoms with Crippen molar-refractivity contribution >= 4 is 23.5 Å². The van der Waals surface area contributed by atoms with E-state index in [9.17, 15) is 9.59 Å². The molecule has 0 aliphatic carbocycles. The van der Waals surface area contributed by atoms with Crippen LogP contribution in [0.2, 0.25) is 5.02 Å². The van der Waals surface area contributed by atoms with Gasteiger partial charge in [0.15, 0.2) is 0 Å². The number of carbonyl (C=O) groups is 2. The maximum atomic E-state index is 11.3. The Morgan fingerprint density at radius 1 is 1.50 bits per heavy atom. The molecule has 0 bridgehead atoms. The Labute approximate surface area is 110 Å². The molecule has 0 radical (unpaired) electrons. The Morgan fingerprint density at radius 2 is 2.22 bits per heavy atom. The van der Waals surface area contributed by atoms with Crippen LogP contribution in [0.4, 0.5) is 0 Å². The summed E-state index contributed by atoms with van der Waals surface area (Å²) in [7, 11) is 0. The van der Waals surface area contributed by atoms with Gasteiger partial charge in [-0.1, -0.05) is 17.7 Å². The van der Waals surface area contributed by atoms with Crippen molar-refractivity contribution in [2.45, 2.75) is 19.4 Å². The molecule has 0 spiro atoms. The third-order valence-corrected chi connectivity index (χ3v) is 2.38. The Morgan fingerprint density at radius 3 is 2.83 bits per heavy atom. The summed E-state index contributed by atoms with van der Waals surface area (Å²) < 4.78 is 5.31. The van der Waals surface area contributed by atoms with E-state index in [2.05, 4.69) is 5.32 Å². The quantitative estimate of drug-likeness (QED) is 0.826. The van der Waals surface area contributed by atoms with Gasteiger partial charge in [0.2, 0.25) is 5.91 Å². The van der Waals surface area contributed by atoms with Crippen LogP contribution < -0.4 is 10.1 Å². The SMILES string of the molecule is CC(NC(=O)CCOc1cccc(Cl)c1)C(=O)O. The zero-order valence-corrected chi connectivity index (χ0v) is 10.6. The number of carboxylic acids is 1. The molecule has 1 aromatic rings. The van der Waals surface area contributed by atoms with Gasteiger partial charge in [0, 0.05) is 5.02 Å². The summed E-state index contributed by atoms with van der Waals surface area (Å²) in [6.45, 7) is 1.57. The molecule has 2 N–H and O–H groups in total. The van der Waals surface area contributed by atoms with Gasteiger partial charge in [-0.2, -0.15) is 0 Å². The molecule has 5 nitrogen and oxygen atoms in total. The first kappa shape index (κ1) is 14.3. The van der Waals surface area contributed by atoms with Crippen LogP contribution in [0, 0.1) is 0 Å². The molecule has 0 aliphatic rings. The third-order valence-electron chi connectivity index (χ3n) is 2.14. The summed E-state index contributed by atoms with van der Waals surface area (Å²) in [5, 5.41) is 11.5. The molecule has 98 valence electrons. The zero-order chi connectivity index (χ0) is 13.5. The van der Waals surface area contributed by atoms with Gasteiger partial charge in [-0.05, 0) is 25.1 Å². The number of carboxylic acid groups (broad SMARTS) is 1. The van der Waals surface area contributed by atoms with Crippen LogP contribution in [-0.4, -0.2) is 29.6 Å². The number of aliphatic carboxylic acids is 1. The lowest BCUT2D eigenvalue weighted by Crippen LogP contribution is -2.38. The average molecular weight is 272 g/mol. The first-order valence-corrected chi connectivity index (χ1v) is 5.77. The van der Waals surface area contributed by atoms with E-state index in [4.69, 9.17) is 21.4 Å². The topological polar surface area (TPSA) is 75.6 Å². The Bertz CT molecular complexity index is 436. The number of rotatable bonds is 6. The van der Waals surface area contributed by atoms with Crippen LogP contribution >= 0.6 is 11.6 Å². The van der Waals surface area contributed by atoms with Gasteiger partial charge in [-0.25, -0.2) is 0 Å². The van der Waals surface area contributed by atoms with Gasteiger partial charge in [0.1, 0.15) is 11.8 Å². The number of hydrogen-bond acceptors (Lipinski definition) is 3. The summed E-state index contributed by atoms with van der Waals surface area (Å²) in [5.41, 5.74) is 0. The lowest BCUT2D eigenvalue weighted by atomic mass is 10.3. The molecule has 0 saturated carbocycles. The van der Waals surface area contributed by atoms with E-state index in [1.54, 1.807) is 24.3 Å². The molecule has 1 amide bonds. The second-order valence-corrected chi connectivity index (χ2v) is 4.12. The summed E-state index contributed by atoms with van der Waals surface area (Å²) in [5.74, 6) is -0.868. The van der Waals surface area contributed by atoms with Crippen molar-refractivity contribution in [1.82, 2.24) is 5.32 Å². The van der Waals surface area contributed by atoms with Gasteiger partial charge in [-0.3, -0.25) is 9.59 Å². The highest BCUT2D eigenvalue weighted by Gasteiger charge is 2.13. The number of carbonyl (C=O) groups excluding carboxylic acids is 1. The van der Waals surface area contributed by atoms with Crippen molar-refractivity contribution in [3.8, 4) is 5.75 Å². The van der Waals surface area contributed by atoms with Crippen LogP contribution in [0.15, 0.2) is 24.3 Å². The van der Waals surface area contributed by atoms with E-state index in [0.717, 1.165) is 0 Å². The van der Waals surface area contributed by atoms with Crippen molar-refractivity contribution < 1.29 is 19.4 Å². The third kappa shape index (κ3) is 5.05. The lowest BCUT2D eigenvalue weighted by Gasteiger charge is -2.10. The molecule has 1 aromatic carbocycles. The maximum Gasteiger partial charge on any atom is 0.325 e. The molecule has 1 unspecified atom stereocenters. The molecule has 1 atom stereocenters. The molecule has 18 heavy (non-hydrogen) atoms. The molecule has 6 heteroatoms. The Hall–Kier alpha value is -1.75. The number of nitrogens with one attached hydrogen (secondary N) is 1. The normalized spacial score (nSPS) is 11.7. The highest BCUT2D eigenvalue weighted by molar-refractivity contribution is 6.30. The van der Waals surface area contributed by atoms with E-state index in [-0.39, 0.29) is 18.9 Å². The van der Waals surface area contributed by atoms with Crippen LogP contribution in [0.3, 0.4) is 0 Å². The standard InChI is InChI=1S/C12H14ClNO4/c1-8(12(16)17)14-11(15)5-6-18-10-4-2-3-9(13)7-10/h2-4,7-8H,5-6H2,1H3,(H,14,15)(H,16,17). The monoisotopic (exact) mass is 271 g/mol. The Kier molecular flexibility index (Phi) is 5.45. The number of hydrogen-bond donors (Lipinski definition) is 2. The van der Waals surface area contributed by atoms with E-state index in [0.29, 0.717) is 10.8 Å². The van der Waals surface area contributed by atoms with Crippen molar-refractivity contribution in [1.29, 1.82) is 0 Å². The molecule has 1 rings (SSSR count). The summed E-state index contributed by atoms with van der Waals surface area (Å²) in [6, 6.07) is 5.92. The van der Waals surface area contributed by atoms with E-state index in [1.165, 1.54) is 6.92 Å². The van der Waals surface area contributed by atoms with Gasteiger partial charge < -0.3 is 15.2 Å². The minimum Gasteiger partial charge on any atom is -0.493 e. The molecule has 0 saturated heterocycles. The highest BCUT2D eigenvalue weighted by Crippen LogP contribution is 2.17. The van der Waals surface area contributed by atoms with Gasteiger partial charge in [-0.15, -0.1) is 0 Å². The van der Waals surface area contributed by atoms with Crippen LogP contribution in [-0.2, 0) is 9.59 Å². The van der Waals surface area contributed by atoms with E-state index < -0.39 is 12.0 Å². The summed E-state index contributed by atoms with van der Waals surface area (Å²) >= 11 is 5.77. The smallest absolute Gasteiger partial charge is 0.325 e. The lowest BCUT2D eigenvalue weighted by molar-refractivity contribution is -0.141. The predicted molar refractivity (Wildman–Crippen MR) is 66.8 cm³/mol. The van der Waals surface area contributed by atoms with Crippen molar-refractivity contribution in [2.75, 3.05) is 6.61 Å². The molecular weight excluding hydrogens is 258 g/mol. The number of benzene rings is 1. The predicted octanol–water partition coefficient (Wildman–Crippen LogP) is 1.70. The fourth-order valence-corrected chi connectivity index (χ4v) is 1.37. The van der Waals surface area contributed by atoms with Crippen LogP contribution in [0.5, 0.6) is 5.75 Å². The molecule has 0 aromatic heterocycles. The minimum atomic E-state index is -1.07. The zero-order valence-electron chi connectivity index (χ0n) is 9.85. The number of halogens is 1. The van der Waals surface area contributed by atoms with E-state index >= 15 is 0 Å². The van der Waals surface area contributed by atoms with Gasteiger partial charge >= 0.3 is 5.97 Å². The maximum absolute atomic E-state index is 11.3. The van der Waals surface area contributed by atoms with Crippen LogP contribution in [0.1, 0.15) is 13.3 Å². The summed E-state index contributed by atoms with van der Waals surface area (Å²) in [6.07, 6.45) is 0.0874. The molecule has 0 aliphatic heterocycles. The molecular formula is C12H14ClNO4. The highest BCUT2D eigenvalue weighted by atomic mass is 35.5. The van der Waals surface area contributed by atoms with Gasteiger partial charge in [0.25, 0.3) is 0 Å². The van der Waals surface area contributed by atoms with Crippen LogP contribution in [0.25, 0.3) is 0 Å². The van der Waals surface area contributed by atoms with E-state index in [1.807, 2.05) is 0 Å². The first-order valence-electron chi connectivity index (χ1n) is 5.39. The van der Waals surface area contributed by atoms with Gasteiger partial charge in [0.05, 0.1) is 13.0 Å². The van der Waals surface area contributed by atoms with Crippen molar-refractivity contribution in [3.63, 3.8) is 0 Å². The van der Waals surface area contributed by atoms with Crippen molar-refractivity contribution in [3.05, 3.63) is 29.3 Å². The first-order chi connectivity index (χ1) is 8.49. The second kappa shape index (κ2) is 6.86. The molecule has 0 heterocycles. The fourth-order valence-electron chi connectivity index (χ4n) is 1.19. The average Bonchev–Trinajstić information content (AvgIpc) is 2.28. The second-order valence-electron chi connectivity index (χ2n) is 3.68. The molecule has 0 fully saturated rings. The Balaban J connectivity index is 2.29. The number of ether oxygens (including phenoxy) is 1. The summed E-state index contributed by atoms with van der Waals surface area (Å²) in [4.78, 5) is 21.8. The fraction of sp³-hybridized carbons (Fsp3) is 0.333. The minimum absolute atomic E-state index is 0.0874. The largest absolute Gasteiger partial charge is 0.493 e. The van der Waals surface area contributed by atoms with Crippen molar-refractivity contribution in [2.24, 2.45) is 0 Å². The number of amides is 1.